The van der Waals surface area contributed by atoms with Crippen LogP contribution in [0.2, 0.25) is 0 Å². The van der Waals surface area contributed by atoms with Crippen molar-refractivity contribution in [2.45, 2.75) is 26.4 Å². The molecule has 2 saturated heterocycles. The number of nitrogens with one attached hydrogen (secondary N) is 1. The molecule has 0 spiro atoms. The monoisotopic (exact) mass is 450 g/mol. The SMILES string of the molecule is COc1ccc(C)cc1N1CC(C(=O)NCc2cccc(CN3CCN(C)CC3)c2)CC1=O. The number of rotatable bonds is 7. The Hall–Kier alpha value is -2.90. The average Bonchev–Trinajstić information content (AvgIpc) is 3.21. The zero-order valence-corrected chi connectivity index (χ0v) is 19.8. The van der Waals surface area contributed by atoms with E-state index in [-0.39, 0.29) is 24.2 Å². The number of aryl methyl sites for hydroxylation is 1. The molecule has 33 heavy (non-hydrogen) atoms. The number of methoxy groups -OCH3 is 1. The van der Waals surface area contributed by atoms with Gasteiger partial charge in [-0.3, -0.25) is 14.5 Å². The summed E-state index contributed by atoms with van der Waals surface area (Å²) in [6.45, 7) is 8.10. The molecule has 176 valence electrons. The number of ether oxygens (including phenoxy) is 1. The number of amides is 2. The van der Waals surface area contributed by atoms with Crippen molar-refractivity contribution in [2.75, 3.05) is 51.8 Å². The first-order chi connectivity index (χ1) is 15.9. The fraction of sp³-hybridized carbons (Fsp3) is 0.462. The van der Waals surface area contributed by atoms with Gasteiger partial charge < -0.3 is 19.9 Å². The topological polar surface area (TPSA) is 65.1 Å². The van der Waals surface area contributed by atoms with E-state index < -0.39 is 0 Å². The van der Waals surface area contributed by atoms with Gasteiger partial charge in [-0.1, -0.05) is 30.3 Å². The van der Waals surface area contributed by atoms with Crippen LogP contribution in [0.5, 0.6) is 5.75 Å². The van der Waals surface area contributed by atoms with Crippen molar-refractivity contribution in [3.63, 3.8) is 0 Å². The van der Waals surface area contributed by atoms with E-state index >= 15 is 0 Å². The third kappa shape index (κ3) is 5.72. The fourth-order valence-electron chi connectivity index (χ4n) is 4.56. The summed E-state index contributed by atoms with van der Waals surface area (Å²) in [7, 11) is 3.76. The summed E-state index contributed by atoms with van der Waals surface area (Å²) in [6.07, 6.45) is 0.215. The minimum atomic E-state index is -0.365. The summed E-state index contributed by atoms with van der Waals surface area (Å²) in [4.78, 5) is 32.0. The van der Waals surface area contributed by atoms with Crippen LogP contribution >= 0.6 is 0 Å². The Morgan fingerprint density at radius 1 is 1.09 bits per heavy atom. The molecule has 0 bridgehead atoms. The van der Waals surface area contributed by atoms with Crippen LogP contribution in [0.3, 0.4) is 0 Å². The lowest BCUT2D eigenvalue weighted by Crippen LogP contribution is -2.43. The Morgan fingerprint density at radius 2 is 1.85 bits per heavy atom. The van der Waals surface area contributed by atoms with Crippen molar-refractivity contribution < 1.29 is 14.3 Å². The first kappa shape index (κ1) is 23.3. The van der Waals surface area contributed by atoms with Crippen LogP contribution in [-0.4, -0.2) is 68.5 Å². The molecule has 7 heteroatoms. The molecule has 1 N–H and O–H groups in total. The van der Waals surface area contributed by atoms with Crippen molar-refractivity contribution >= 4 is 17.5 Å². The summed E-state index contributed by atoms with van der Waals surface area (Å²) < 4.78 is 5.43. The van der Waals surface area contributed by atoms with Crippen LogP contribution in [-0.2, 0) is 22.7 Å². The number of benzene rings is 2. The predicted octanol–water partition coefficient (Wildman–Crippen LogP) is 2.42. The second-order valence-electron chi connectivity index (χ2n) is 9.20. The van der Waals surface area contributed by atoms with E-state index in [4.69, 9.17) is 4.74 Å². The van der Waals surface area contributed by atoms with Gasteiger partial charge >= 0.3 is 0 Å². The summed E-state index contributed by atoms with van der Waals surface area (Å²) in [6, 6.07) is 14.2. The van der Waals surface area contributed by atoms with E-state index in [1.165, 1.54) is 5.56 Å². The molecule has 0 aliphatic carbocycles. The number of nitrogens with zero attached hydrogens (tertiary/aromatic N) is 3. The maximum Gasteiger partial charge on any atom is 0.227 e. The lowest BCUT2D eigenvalue weighted by atomic mass is 10.1. The lowest BCUT2D eigenvalue weighted by molar-refractivity contribution is -0.126. The van der Waals surface area contributed by atoms with Gasteiger partial charge in [0.2, 0.25) is 11.8 Å². The van der Waals surface area contributed by atoms with Gasteiger partial charge in [0.05, 0.1) is 18.7 Å². The number of piperazine rings is 1. The molecule has 1 atom stereocenters. The highest BCUT2D eigenvalue weighted by atomic mass is 16.5. The predicted molar refractivity (Wildman–Crippen MR) is 129 cm³/mol. The minimum absolute atomic E-state index is 0.0479. The minimum Gasteiger partial charge on any atom is -0.495 e. The molecule has 2 aromatic rings. The standard InChI is InChI=1S/C26H34N4O3/c1-19-7-8-24(33-3)23(13-19)30-18-22(15-25(30)31)26(32)27-16-20-5-4-6-21(14-20)17-29-11-9-28(2)10-12-29/h4-8,13-14,22H,9-12,15-18H2,1-3H3,(H,27,32). The van der Waals surface area contributed by atoms with Crippen LogP contribution in [0, 0.1) is 12.8 Å². The molecule has 0 radical (unpaired) electrons. The number of likely N-dealkylation sites (N-methyl/N-ethyl adjacent to an activating group) is 1. The number of hydrogen-bond donors (Lipinski definition) is 1. The van der Waals surface area contributed by atoms with E-state index in [1.807, 2.05) is 31.2 Å². The molecule has 2 aliphatic rings. The second-order valence-corrected chi connectivity index (χ2v) is 9.20. The normalized spacial score (nSPS) is 19.7. The summed E-state index contributed by atoms with van der Waals surface area (Å²) >= 11 is 0. The maximum absolute atomic E-state index is 12.9. The highest BCUT2D eigenvalue weighted by molar-refractivity contribution is 6.01. The van der Waals surface area contributed by atoms with Gasteiger partial charge in [0.1, 0.15) is 5.75 Å². The van der Waals surface area contributed by atoms with Crippen LogP contribution in [0.15, 0.2) is 42.5 Å². The third-order valence-electron chi connectivity index (χ3n) is 6.58. The molecular formula is C26H34N4O3. The van der Waals surface area contributed by atoms with Gasteiger partial charge in [0.15, 0.2) is 0 Å². The summed E-state index contributed by atoms with van der Waals surface area (Å²) in [5, 5.41) is 3.04. The summed E-state index contributed by atoms with van der Waals surface area (Å²) in [5.41, 5.74) is 4.12. The fourth-order valence-corrected chi connectivity index (χ4v) is 4.56. The third-order valence-corrected chi connectivity index (χ3v) is 6.58. The lowest BCUT2D eigenvalue weighted by Gasteiger charge is -2.32. The Kier molecular flexibility index (Phi) is 7.30. The Labute approximate surface area is 196 Å². The Balaban J connectivity index is 1.33. The molecule has 2 fully saturated rings. The molecule has 2 aliphatic heterocycles. The molecule has 4 rings (SSSR count). The molecular weight excluding hydrogens is 416 g/mol. The van der Waals surface area contributed by atoms with Crippen molar-refractivity contribution in [3.8, 4) is 5.75 Å². The highest BCUT2D eigenvalue weighted by Gasteiger charge is 2.36. The van der Waals surface area contributed by atoms with Gasteiger partial charge in [0.25, 0.3) is 0 Å². The maximum atomic E-state index is 12.9. The van der Waals surface area contributed by atoms with E-state index in [2.05, 4.69) is 40.4 Å². The molecule has 2 heterocycles. The van der Waals surface area contributed by atoms with Crippen LogP contribution in [0.1, 0.15) is 23.1 Å². The first-order valence-electron chi connectivity index (χ1n) is 11.6. The van der Waals surface area contributed by atoms with Crippen LogP contribution in [0.4, 0.5) is 5.69 Å². The average molecular weight is 451 g/mol. The van der Waals surface area contributed by atoms with Gasteiger partial charge in [-0.25, -0.2) is 0 Å². The van der Waals surface area contributed by atoms with Crippen molar-refractivity contribution in [2.24, 2.45) is 5.92 Å². The van der Waals surface area contributed by atoms with Crippen LogP contribution in [0.25, 0.3) is 0 Å². The van der Waals surface area contributed by atoms with Gasteiger partial charge in [0, 0.05) is 52.2 Å². The van der Waals surface area contributed by atoms with E-state index in [0.29, 0.717) is 18.8 Å². The Bertz CT molecular complexity index is 1000. The first-order valence-corrected chi connectivity index (χ1v) is 11.6. The van der Waals surface area contributed by atoms with Gasteiger partial charge in [-0.2, -0.15) is 0 Å². The molecule has 2 amide bonds. The van der Waals surface area contributed by atoms with E-state index in [0.717, 1.165) is 49.5 Å². The zero-order chi connectivity index (χ0) is 23.4. The van der Waals surface area contributed by atoms with E-state index in [1.54, 1.807) is 12.0 Å². The molecule has 2 aromatic carbocycles. The van der Waals surface area contributed by atoms with E-state index in [9.17, 15) is 9.59 Å². The second kappa shape index (κ2) is 10.4. The largest absolute Gasteiger partial charge is 0.495 e. The van der Waals surface area contributed by atoms with Crippen molar-refractivity contribution in [1.29, 1.82) is 0 Å². The van der Waals surface area contributed by atoms with Gasteiger partial charge in [-0.05, 0) is 42.8 Å². The number of carbonyl (C=O) groups excluding carboxylic acids is 2. The van der Waals surface area contributed by atoms with Gasteiger partial charge in [-0.15, -0.1) is 0 Å². The van der Waals surface area contributed by atoms with Crippen molar-refractivity contribution in [3.05, 3.63) is 59.2 Å². The smallest absolute Gasteiger partial charge is 0.227 e. The Morgan fingerprint density at radius 3 is 2.61 bits per heavy atom. The quantitative estimate of drug-likeness (QED) is 0.702. The molecule has 0 saturated carbocycles. The highest BCUT2D eigenvalue weighted by Crippen LogP contribution is 2.34. The summed E-state index contributed by atoms with van der Waals surface area (Å²) in [5.74, 6) is 0.151. The number of carbonyl (C=O) groups is 2. The molecule has 7 nitrogen and oxygen atoms in total. The zero-order valence-electron chi connectivity index (χ0n) is 19.8. The molecule has 1 unspecified atom stereocenters. The van der Waals surface area contributed by atoms with Crippen LogP contribution < -0.4 is 15.0 Å². The number of anilines is 1. The van der Waals surface area contributed by atoms with Crippen molar-refractivity contribution in [1.82, 2.24) is 15.1 Å². The molecule has 0 aromatic heterocycles. The number of hydrogen-bond acceptors (Lipinski definition) is 5.